The van der Waals surface area contributed by atoms with E-state index in [4.69, 9.17) is 15.2 Å². The third kappa shape index (κ3) is 9.68. The molecule has 0 aliphatic heterocycles. The summed E-state index contributed by atoms with van der Waals surface area (Å²) in [5, 5.41) is 4.11. The number of hydrogen-bond acceptors (Lipinski definition) is 4. The van der Waals surface area contributed by atoms with E-state index in [-0.39, 0.29) is 5.96 Å². The van der Waals surface area contributed by atoms with Crippen LogP contribution >= 0.6 is 0 Å². The maximum atomic E-state index is 5.88. The lowest BCUT2D eigenvalue weighted by Gasteiger charge is -2.11. The molecule has 0 bridgehead atoms. The number of rotatable bonds is 12. The number of aliphatic imine (C=N–C) groups is 1. The molecule has 0 aliphatic rings. The third-order valence-electron chi connectivity index (χ3n) is 4.05. The monoisotopic (exact) mass is 374 g/mol. The van der Waals surface area contributed by atoms with Gasteiger partial charge in [0, 0.05) is 7.05 Å². The van der Waals surface area contributed by atoms with Crippen molar-refractivity contribution in [3.8, 4) is 11.5 Å². The van der Waals surface area contributed by atoms with Gasteiger partial charge in [0.1, 0.15) is 0 Å². The lowest BCUT2D eigenvalue weighted by atomic mass is 10.1. The van der Waals surface area contributed by atoms with Crippen LogP contribution < -0.4 is 20.6 Å². The zero-order valence-electron chi connectivity index (χ0n) is 17.1. The minimum atomic E-state index is 0.274. The molecule has 0 unspecified atom stereocenters. The third-order valence-corrected chi connectivity index (χ3v) is 4.05. The topological polar surface area (TPSA) is 81.2 Å². The Bertz CT molecular complexity index is 639. The lowest BCUT2D eigenvalue weighted by molar-refractivity contribution is 0.284. The van der Waals surface area contributed by atoms with Crippen LogP contribution in [0, 0.1) is 0 Å². The van der Waals surface area contributed by atoms with E-state index < -0.39 is 0 Å². The number of unbranched alkanes of at least 4 members (excludes halogenated alkanes) is 5. The second-order valence-corrected chi connectivity index (χ2v) is 6.33. The van der Waals surface area contributed by atoms with Gasteiger partial charge in [-0.15, -0.1) is 0 Å². The molecule has 6 heteroatoms. The number of nitrogens with zero attached hydrogens (tertiary/aromatic N) is 2. The van der Waals surface area contributed by atoms with Crippen LogP contribution in [0.4, 0.5) is 0 Å². The molecular formula is C21H34N4O2. The average molecular weight is 375 g/mol. The Hall–Kier alpha value is -2.50. The fourth-order valence-corrected chi connectivity index (χ4v) is 2.42. The van der Waals surface area contributed by atoms with Crippen LogP contribution in [-0.2, 0) is 0 Å². The van der Waals surface area contributed by atoms with Crippen LogP contribution in [-0.4, -0.2) is 32.4 Å². The van der Waals surface area contributed by atoms with Crippen molar-refractivity contribution in [2.45, 2.75) is 52.4 Å². The van der Waals surface area contributed by atoms with Crippen molar-refractivity contribution in [1.29, 1.82) is 0 Å². The Morgan fingerprint density at radius 2 is 1.89 bits per heavy atom. The second-order valence-electron chi connectivity index (χ2n) is 6.33. The van der Waals surface area contributed by atoms with E-state index in [0.717, 1.165) is 35.8 Å². The Balaban J connectivity index is 2.54. The molecule has 150 valence electrons. The molecule has 0 aromatic heterocycles. The Labute approximate surface area is 163 Å². The summed E-state index contributed by atoms with van der Waals surface area (Å²) >= 11 is 0. The van der Waals surface area contributed by atoms with E-state index in [2.05, 4.69) is 22.4 Å². The van der Waals surface area contributed by atoms with Gasteiger partial charge in [-0.25, -0.2) is 5.43 Å². The van der Waals surface area contributed by atoms with Crippen LogP contribution in [0.15, 0.2) is 34.4 Å². The smallest absolute Gasteiger partial charge is 0.209 e. The van der Waals surface area contributed by atoms with E-state index in [1.807, 2.05) is 37.3 Å². The van der Waals surface area contributed by atoms with Crippen LogP contribution in [0.2, 0.25) is 0 Å². The second kappa shape index (κ2) is 13.7. The molecule has 1 aromatic carbocycles. The van der Waals surface area contributed by atoms with E-state index in [0.29, 0.717) is 0 Å². The number of benzene rings is 1. The van der Waals surface area contributed by atoms with Gasteiger partial charge >= 0.3 is 0 Å². The number of nitrogens with two attached hydrogens (primary N) is 1. The number of methoxy groups -OCH3 is 1. The summed E-state index contributed by atoms with van der Waals surface area (Å²) in [5.74, 6) is 1.79. The predicted molar refractivity (Wildman–Crippen MR) is 115 cm³/mol. The highest BCUT2D eigenvalue weighted by Gasteiger charge is 2.05. The maximum Gasteiger partial charge on any atom is 0.209 e. The van der Waals surface area contributed by atoms with Crippen LogP contribution in [0.1, 0.15) is 57.9 Å². The van der Waals surface area contributed by atoms with Crippen molar-refractivity contribution in [1.82, 2.24) is 5.43 Å². The van der Waals surface area contributed by atoms with Crippen LogP contribution in [0.3, 0.4) is 0 Å². The van der Waals surface area contributed by atoms with Gasteiger partial charge in [-0.2, -0.15) is 5.10 Å². The van der Waals surface area contributed by atoms with E-state index in [1.54, 1.807) is 14.2 Å². The summed E-state index contributed by atoms with van der Waals surface area (Å²) in [6, 6.07) is 5.90. The Morgan fingerprint density at radius 3 is 2.59 bits per heavy atom. The van der Waals surface area contributed by atoms with Crippen molar-refractivity contribution in [2.75, 3.05) is 20.8 Å². The SMILES string of the molecule is CCCCCCCCOc1ccc(/C=C\C(C)=N\NC(N)=NC)cc1OC. The first-order valence-electron chi connectivity index (χ1n) is 9.62. The summed E-state index contributed by atoms with van der Waals surface area (Å²) in [4.78, 5) is 3.78. The van der Waals surface area contributed by atoms with Gasteiger partial charge in [0.2, 0.25) is 5.96 Å². The first-order chi connectivity index (χ1) is 13.1. The lowest BCUT2D eigenvalue weighted by Crippen LogP contribution is -2.27. The van der Waals surface area contributed by atoms with Crippen LogP contribution in [0.25, 0.3) is 6.08 Å². The molecule has 0 atom stereocenters. The number of allylic oxidation sites excluding steroid dienone is 1. The zero-order chi connectivity index (χ0) is 19.9. The number of guanidine groups is 1. The van der Waals surface area contributed by atoms with E-state index >= 15 is 0 Å². The highest BCUT2D eigenvalue weighted by molar-refractivity contribution is 5.97. The molecule has 1 rings (SSSR count). The highest BCUT2D eigenvalue weighted by Crippen LogP contribution is 2.28. The molecule has 0 heterocycles. The normalized spacial score (nSPS) is 12.4. The van der Waals surface area contributed by atoms with Crippen molar-refractivity contribution < 1.29 is 9.47 Å². The number of hydrazone groups is 1. The number of nitrogens with one attached hydrogen (secondary N) is 1. The first-order valence-corrected chi connectivity index (χ1v) is 9.62. The summed E-state index contributed by atoms with van der Waals surface area (Å²) < 4.78 is 11.3. The minimum Gasteiger partial charge on any atom is -0.493 e. The molecule has 0 aliphatic carbocycles. The Morgan fingerprint density at radius 1 is 1.15 bits per heavy atom. The maximum absolute atomic E-state index is 5.88. The molecule has 6 nitrogen and oxygen atoms in total. The Kier molecular flexibility index (Phi) is 11.4. The summed E-state index contributed by atoms with van der Waals surface area (Å²) in [6.07, 6.45) is 11.3. The first kappa shape index (κ1) is 22.5. The van der Waals surface area contributed by atoms with Gasteiger partial charge in [0.25, 0.3) is 0 Å². The predicted octanol–water partition coefficient (Wildman–Crippen LogP) is 4.36. The van der Waals surface area contributed by atoms with Gasteiger partial charge in [-0.05, 0) is 37.1 Å². The van der Waals surface area contributed by atoms with Gasteiger partial charge in [0.05, 0.1) is 19.4 Å². The fourth-order valence-electron chi connectivity index (χ4n) is 2.42. The van der Waals surface area contributed by atoms with E-state index in [9.17, 15) is 0 Å². The van der Waals surface area contributed by atoms with Gasteiger partial charge in [-0.3, -0.25) is 4.99 Å². The van der Waals surface area contributed by atoms with Crippen molar-refractivity contribution in [3.05, 3.63) is 29.8 Å². The van der Waals surface area contributed by atoms with Gasteiger partial charge in [-0.1, -0.05) is 51.2 Å². The molecule has 27 heavy (non-hydrogen) atoms. The molecule has 0 fully saturated rings. The molecule has 1 aromatic rings. The van der Waals surface area contributed by atoms with Gasteiger partial charge in [0.15, 0.2) is 11.5 Å². The standard InChI is InChI=1S/C21H34N4O2/c1-5-6-7-8-9-10-15-27-19-14-13-18(16-20(19)26-4)12-11-17(2)24-25-21(22)23-3/h11-14,16H,5-10,15H2,1-4H3,(H3,22,23,25)/b12-11-,24-17+. The molecular weight excluding hydrogens is 340 g/mol. The summed E-state index contributed by atoms with van der Waals surface area (Å²) in [6.45, 7) is 4.83. The molecule has 0 amide bonds. The number of hydrogen-bond donors (Lipinski definition) is 2. The van der Waals surface area contributed by atoms with Crippen molar-refractivity contribution >= 4 is 17.7 Å². The largest absolute Gasteiger partial charge is 0.493 e. The van der Waals surface area contributed by atoms with Crippen molar-refractivity contribution in [3.63, 3.8) is 0 Å². The molecule has 0 spiro atoms. The van der Waals surface area contributed by atoms with E-state index in [1.165, 1.54) is 32.1 Å². The van der Waals surface area contributed by atoms with Crippen LogP contribution in [0.5, 0.6) is 11.5 Å². The summed E-state index contributed by atoms with van der Waals surface area (Å²) in [5.41, 5.74) is 9.99. The number of ether oxygens (including phenoxy) is 2. The highest BCUT2D eigenvalue weighted by atomic mass is 16.5. The minimum absolute atomic E-state index is 0.274. The molecule has 0 saturated carbocycles. The fraction of sp³-hybridized carbons (Fsp3) is 0.524. The quantitative estimate of drug-likeness (QED) is 0.246. The van der Waals surface area contributed by atoms with Crippen molar-refractivity contribution in [2.24, 2.45) is 15.8 Å². The molecule has 0 radical (unpaired) electrons. The molecule has 0 saturated heterocycles. The van der Waals surface area contributed by atoms with Gasteiger partial charge < -0.3 is 15.2 Å². The molecule has 3 N–H and O–H groups in total. The average Bonchev–Trinajstić information content (AvgIpc) is 2.70. The summed E-state index contributed by atoms with van der Waals surface area (Å²) in [7, 11) is 3.26. The zero-order valence-corrected chi connectivity index (χ0v) is 17.1.